The van der Waals surface area contributed by atoms with Gasteiger partial charge in [-0.3, -0.25) is 0 Å². The Bertz CT molecular complexity index is 593. The van der Waals surface area contributed by atoms with E-state index in [0.717, 1.165) is 0 Å². The Labute approximate surface area is 110 Å². The third kappa shape index (κ3) is 2.56. The Balaban J connectivity index is 2.48. The molecule has 2 rings (SSSR count). The lowest BCUT2D eigenvalue weighted by Gasteiger charge is -2.08. The Morgan fingerprint density at radius 2 is 1.11 bits per heavy atom. The monoisotopic (exact) mass is 292 g/mol. The normalized spacial score (nSPS) is 10.8. The Kier molecular flexibility index (Phi) is 3.75. The minimum absolute atomic E-state index is 0.382. The maximum atomic E-state index is 13.4. The molecule has 0 aromatic heterocycles. The first-order chi connectivity index (χ1) is 8.91. The van der Waals surface area contributed by atoms with E-state index in [-0.39, 0.29) is 0 Å². The van der Waals surface area contributed by atoms with Crippen molar-refractivity contribution >= 4 is 11.6 Å². The molecular formula is C13H6ClF5. The second-order valence-corrected chi connectivity index (χ2v) is 4.29. The fourth-order valence-corrected chi connectivity index (χ4v) is 1.74. The maximum absolute atomic E-state index is 13.4. The van der Waals surface area contributed by atoms with Crippen LogP contribution in [0.15, 0.2) is 24.3 Å². The Hall–Kier alpha value is -1.62. The quantitative estimate of drug-likeness (QED) is 0.430. The fraction of sp³-hybridized carbons (Fsp3) is 0.0769. The van der Waals surface area contributed by atoms with Gasteiger partial charge in [0.05, 0.1) is 0 Å². The Morgan fingerprint density at radius 1 is 0.684 bits per heavy atom. The van der Waals surface area contributed by atoms with Gasteiger partial charge in [-0.25, -0.2) is 22.0 Å². The van der Waals surface area contributed by atoms with E-state index in [1.807, 2.05) is 0 Å². The van der Waals surface area contributed by atoms with Crippen LogP contribution in [-0.2, 0) is 6.42 Å². The van der Waals surface area contributed by atoms with Crippen LogP contribution in [0.3, 0.4) is 0 Å². The Morgan fingerprint density at radius 3 is 1.58 bits per heavy atom. The molecule has 2 aromatic carbocycles. The lowest BCUT2D eigenvalue weighted by atomic mass is 10.0. The van der Waals surface area contributed by atoms with E-state index < -0.39 is 41.1 Å². The summed E-state index contributed by atoms with van der Waals surface area (Å²) in [5.41, 5.74) is -0.480. The standard InChI is InChI=1S/C13H6ClF5/c14-7-3-1-6(2-4-7)5-8-9(15)11(17)13(19)12(18)10(8)16/h1-4H,5H2. The largest absolute Gasteiger partial charge is 0.203 e. The summed E-state index contributed by atoms with van der Waals surface area (Å²) in [7, 11) is 0. The molecular weight excluding hydrogens is 287 g/mol. The minimum atomic E-state index is -2.16. The van der Waals surface area contributed by atoms with E-state index in [1.165, 1.54) is 24.3 Å². The van der Waals surface area contributed by atoms with E-state index in [1.54, 1.807) is 0 Å². The number of halogens is 6. The molecule has 0 saturated carbocycles. The van der Waals surface area contributed by atoms with Crippen molar-refractivity contribution in [3.63, 3.8) is 0 Å². The molecule has 0 spiro atoms. The van der Waals surface area contributed by atoms with Crippen molar-refractivity contribution in [1.29, 1.82) is 0 Å². The van der Waals surface area contributed by atoms with E-state index in [4.69, 9.17) is 11.6 Å². The molecule has 0 atom stereocenters. The smallest absolute Gasteiger partial charge is 0.200 e. The van der Waals surface area contributed by atoms with Gasteiger partial charge >= 0.3 is 0 Å². The van der Waals surface area contributed by atoms with Crippen LogP contribution in [-0.4, -0.2) is 0 Å². The van der Waals surface area contributed by atoms with Crippen LogP contribution in [0.1, 0.15) is 11.1 Å². The van der Waals surface area contributed by atoms with E-state index in [9.17, 15) is 22.0 Å². The summed E-state index contributed by atoms with van der Waals surface area (Å²) in [6.45, 7) is 0. The van der Waals surface area contributed by atoms with Gasteiger partial charge in [0.2, 0.25) is 5.82 Å². The summed E-state index contributed by atoms with van der Waals surface area (Å²) in [6, 6.07) is 5.81. The van der Waals surface area contributed by atoms with Gasteiger partial charge in [-0.05, 0) is 17.7 Å². The summed E-state index contributed by atoms with van der Waals surface area (Å²) >= 11 is 5.63. The van der Waals surface area contributed by atoms with Crippen molar-refractivity contribution < 1.29 is 22.0 Å². The second-order valence-electron chi connectivity index (χ2n) is 3.85. The van der Waals surface area contributed by atoms with E-state index >= 15 is 0 Å². The third-order valence-electron chi connectivity index (χ3n) is 2.59. The molecule has 2 aromatic rings. The molecule has 0 bridgehead atoms. The van der Waals surface area contributed by atoms with Gasteiger partial charge in [0.1, 0.15) is 0 Å². The zero-order chi connectivity index (χ0) is 14.2. The molecule has 6 heteroatoms. The molecule has 0 aliphatic carbocycles. The molecule has 0 N–H and O–H groups in total. The molecule has 0 aliphatic heterocycles. The average molecular weight is 293 g/mol. The van der Waals surface area contributed by atoms with Gasteiger partial charge in [-0.15, -0.1) is 0 Å². The predicted octanol–water partition coefficient (Wildman–Crippen LogP) is 4.63. The highest BCUT2D eigenvalue weighted by Gasteiger charge is 2.25. The summed E-state index contributed by atoms with van der Waals surface area (Å²) in [5, 5.41) is 0.404. The number of hydrogen-bond donors (Lipinski definition) is 0. The first-order valence-electron chi connectivity index (χ1n) is 5.16. The number of hydrogen-bond acceptors (Lipinski definition) is 0. The molecule has 0 aliphatic rings. The highest BCUT2D eigenvalue weighted by Crippen LogP contribution is 2.25. The highest BCUT2D eigenvalue weighted by molar-refractivity contribution is 6.30. The average Bonchev–Trinajstić information content (AvgIpc) is 2.41. The first kappa shape index (κ1) is 13.8. The van der Waals surface area contributed by atoms with Crippen molar-refractivity contribution in [2.45, 2.75) is 6.42 Å². The lowest BCUT2D eigenvalue weighted by Crippen LogP contribution is -2.07. The third-order valence-corrected chi connectivity index (χ3v) is 2.85. The highest BCUT2D eigenvalue weighted by atomic mass is 35.5. The van der Waals surface area contributed by atoms with Gasteiger partial charge in [-0.1, -0.05) is 23.7 Å². The molecule has 100 valence electrons. The second kappa shape index (κ2) is 5.17. The van der Waals surface area contributed by atoms with Gasteiger partial charge in [0.15, 0.2) is 23.3 Å². The van der Waals surface area contributed by atoms with Crippen molar-refractivity contribution in [2.24, 2.45) is 0 Å². The molecule has 19 heavy (non-hydrogen) atoms. The predicted molar refractivity (Wildman–Crippen MR) is 60.5 cm³/mol. The van der Waals surface area contributed by atoms with Crippen LogP contribution in [0.2, 0.25) is 5.02 Å². The zero-order valence-electron chi connectivity index (χ0n) is 9.28. The minimum Gasteiger partial charge on any atom is -0.203 e. The SMILES string of the molecule is Fc1c(F)c(F)c(Cc2ccc(Cl)cc2)c(F)c1F. The molecule has 0 fully saturated rings. The van der Waals surface area contributed by atoms with Crippen LogP contribution in [0.5, 0.6) is 0 Å². The summed E-state index contributed by atoms with van der Waals surface area (Å²) in [4.78, 5) is 0. The summed E-state index contributed by atoms with van der Waals surface area (Å²) < 4.78 is 65.7. The first-order valence-corrected chi connectivity index (χ1v) is 5.54. The van der Waals surface area contributed by atoms with Crippen LogP contribution in [0.4, 0.5) is 22.0 Å². The summed E-state index contributed by atoms with van der Waals surface area (Å²) in [6.07, 6.45) is -0.414. The van der Waals surface area contributed by atoms with Crippen molar-refractivity contribution in [1.82, 2.24) is 0 Å². The van der Waals surface area contributed by atoms with Crippen molar-refractivity contribution in [3.05, 3.63) is 69.5 Å². The topological polar surface area (TPSA) is 0 Å². The maximum Gasteiger partial charge on any atom is 0.200 e. The molecule has 0 unspecified atom stereocenters. The van der Waals surface area contributed by atoms with Crippen molar-refractivity contribution in [2.75, 3.05) is 0 Å². The molecule has 0 saturated heterocycles. The number of benzene rings is 2. The van der Waals surface area contributed by atoms with Crippen LogP contribution < -0.4 is 0 Å². The van der Waals surface area contributed by atoms with Gasteiger partial charge in [-0.2, -0.15) is 0 Å². The molecule has 0 heterocycles. The van der Waals surface area contributed by atoms with Crippen molar-refractivity contribution in [3.8, 4) is 0 Å². The van der Waals surface area contributed by atoms with E-state index in [2.05, 4.69) is 0 Å². The fourth-order valence-electron chi connectivity index (χ4n) is 1.61. The van der Waals surface area contributed by atoms with Crippen LogP contribution in [0.25, 0.3) is 0 Å². The van der Waals surface area contributed by atoms with E-state index in [0.29, 0.717) is 10.6 Å². The lowest BCUT2D eigenvalue weighted by molar-refractivity contribution is 0.371. The molecule has 0 radical (unpaired) electrons. The van der Waals surface area contributed by atoms with Crippen LogP contribution >= 0.6 is 11.6 Å². The van der Waals surface area contributed by atoms with Gasteiger partial charge in [0.25, 0.3) is 0 Å². The number of rotatable bonds is 2. The van der Waals surface area contributed by atoms with Gasteiger partial charge in [0, 0.05) is 17.0 Å². The van der Waals surface area contributed by atoms with Gasteiger partial charge < -0.3 is 0 Å². The summed E-state index contributed by atoms with van der Waals surface area (Å²) in [5.74, 6) is -9.67. The molecule has 0 nitrogen and oxygen atoms in total. The molecule has 0 amide bonds. The zero-order valence-corrected chi connectivity index (χ0v) is 10.0. The van der Waals surface area contributed by atoms with Crippen LogP contribution in [0, 0.1) is 29.1 Å².